The second kappa shape index (κ2) is 5.11. The Hall–Kier alpha value is -0.710. The fourth-order valence-corrected chi connectivity index (χ4v) is 4.05. The highest BCUT2D eigenvalue weighted by molar-refractivity contribution is 8.00. The van der Waals surface area contributed by atoms with E-state index in [9.17, 15) is 0 Å². The standard InChI is InChI=1S/C14H19NO2S/c1-9-12(6-7-16-9)18-13-8-17-11-5-3-2-4-10(11)14(13)15/h2-5,9,12-14H,6-8,15H2,1H3. The van der Waals surface area contributed by atoms with E-state index >= 15 is 0 Å². The molecule has 4 unspecified atom stereocenters. The van der Waals surface area contributed by atoms with E-state index in [0.717, 1.165) is 24.3 Å². The van der Waals surface area contributed by atoms with Crippen molar-refractivity contribution >= 4 is 11.8 Å². The van der Waals surface area contributed by atoms with Crippen molar-refractivity contribution in [2.24, 2.45) is 5.73 Å². The quantitative estimate of drug-likeness (QED) is 0.891. The van der Waals surface area contributed by atoms with E-state index < -0.39 is 0 Å². The van der Waals surface area contributed by atoms with Crippen LogP contribution in [0.4, 0.5) is 0 Å². The van der Waals surface area contributed by atoms with Crippen LogP contribution in [0.25, 0.3) is 0 Å². The number of thioether (sulfide) groups is 1. The van der Waals surface area contributed by atoms with E-state index in [0.29, 0.717) is 23.2 Å². The van der Waals surface area contributed by atoms with Crippen molar-refractivity contribution in [1.82, 2.24) is 0 Å². The summed E-state index contributed by atoms with van der Waals surface area (Å²) in [5.74, 6) is 0.942. The second-order valence-corrected chi connectivity index (χ2v) is 6.44. The van der Waals surface area contributed by atoms with Gasteiger partial charge in [0, 0.05) is 23.5 Å². The van der Waals surface area contributed by atoms with Crippen molar-refractivity contribution in [3.63, 3.8) is 0 Å². The molecule has 0 bridgehead atoms. The SMILES string of the molecule is CC1OCCC1SC1COc2ccccc2C1N. The molecular weight excluding hydrogens is 246 g/mol. The molecule has 3 nitrogen and oxygen atoms in total. The fraction of sp³-hybridized carbons (Fsp3) is 0.571. The van der Waals surface area contributed by atoms with Gasteiger partial charge in [0.1, 0.15) is 12.4 Å². The monoisotopic (exact) mass is 265 g/mol. The summed E-state index contributed by atoms with van der Waals surface area (Å²) in [5, 5.41) is 0.879. The van der Waals surface area contributed by atoms with E-state index in [4.69, 9.17) is 15.2 Å². The van der Waals surface area contributed by atoms with Gasteiger partial charge in [-0.25, -0.2) is 0 Å². The van der Waals surface area contributed by atoms with Gasteiger partial charge in [0.05, 0.1) is 11.4 Å². The predicted octanol–water partition coefficient (Wildman–Crippen LogP) is 2.36. The maximum absolute atomic E-state index is 6.37. The number of fused-ring (bicyclic) bond motifs is 1. The van der Waals surface area contributed by atoms with Crippen molar-refractivity contribution in [2.45, 2.75) is 36.0 Å². The molecule has 98 valence electrons. The van der Waals surface area contributed by atoms with E-state index in [-0.39, 0.29) is 6.04 Å². The number of benzene rings is 1. The molecule has 0 aliphatic carbocycles. The van der Waals surface area contributed by atoms with Gasteiger partial charge in [-0.15, -0.1) is 11.8 Å². The maximum atomic E-state index is 6.37. The zero-order valence-electron chi connectivity index (χ0n) is 10.5. The van der Waals surface area contributed by atoms with E-state index in [1.54, 1.807) is 0 Å². The molecule has 4 atom stereocenters. The zero-order chi connectivity index (χ0) is 12.5. The molecule has 18 heavy (non-hydrogen) atoms. The first-order valence-electron chi connectivity index (χ1n) is 6.50. The molecule has 3 rings (SSSR count). The van der Waals surface area contributed by atoms with Gasteiger partial charge in [-0.2, -0.15) is 0 Å². The van der Waals surface area contributed by atoms with Crippen LogP contribution in [0.3, 0.4) is 0 Å². The first-order valence-corrected chi connectivity index (χ1v) is 7.44. The smallest absolute Gasteiger partial charge is 0.124 e. The third kappa shape index (κ3) is 2.25. The number of hydrogen-bond donors (Lipinski definition) is 1. The lowest BCUT2D eigenvalue weighted by molar-refractivity contribution is 0.127. The summed E-state index contributed by atoms with van der Waals surface area (Å²) in [4.78, 5) is 0. The lowest BCUT2D eigenvalue weighted by Gasteiger charge is -2.32. The van der Waals surface area contributed by atoms with E-state index in [1.165, 1.54) is 0 Å². The minimum Gasteiger partial charge on any atom is -0.492 e. The summed E-state index contributed by atoms with van der Waals surface area (Å²) in [5.41, 5.74) is 7.50. The van der Waals surface area contributed by atoms with Crippen LogP contribution in [0.1, 0.15) is 24.9 Å². The third-order valence-corrected chi connectivity index (χ3v) is 5.49. The highest BCUT2D eigenvalue weighted by Gasteiger charge is 2.34. The van der Waals surface area contributed by atoms with Crippen LogP contribution in [0.2, 0.25) is 0 Å². The highest BCUT2D eigenvalue weighted by atomic mass is 32.2. The number of hydrogen-bond acceptors (Lipinski definition) is 4. The number of ether oxygens (including phenoxy) is 2. The van der Waals surface area contributed by atoms with E-state index in [2.05, 4.69) is 13.0 Å². The van der Waals surface area contributed by atoms with Crippen LogP contribution >= 0.6 is 11.8 Å². The van der Waals surface area contributed by atoms with Gasteiger partial charge < -0.3 is 15.2 Å². The van der Waals surface area contributed by atoms with Crippen LogP contribution in [-0.2, 0) is 4.74 Å². The Morgan fingerprint density at radius 2 is 2.11 bits per heavy atom. The third-order valence-electron chi connectivity index (χ3n) is 3.74. The topological polar surface area (TPSA) is 44.5 Å². The van der Waals surface area contributed by atoms with Crippen LogP contribution in [0, 0.1) is 0 Å². The summed E-state index contributed by atoms with van der Waals surface area (Å²) < 4.78 is 11.4. The van der Waals surface area contributed by atoms with Crippen LogP contribution in [0.5, 0.6) is 5.75 Å². The van der Waals surface area contributed by atoms with Crippen molar-refractivity contribution < 1.29 is 9.47 Å². The average molecular weight is 265 g/mol. The molecule has 4 heteroatoms. The lowest BCUT2D eigenvalue weighted by Crippen LogP contribution is -2.36. The van der Waals surface area contributed by atoms with Crippen LogP contribution < -0.4 is 10.5 Å². The van der Waals surface area contributed by atoms with E-state index in [1.807, 2.05) is 30.0 Å². The average Bonchev–Trinajstić information content (AvgIpc) is 2.79. The van der Waals surface area contributed by atoms with Gasteiger partial charge in [-0.3, -0.25) is 0 Å². The molecule has 0 radical (unpaired) electrons. The van der Waals surface area contributed by atoms with Crippen molar-refractivity contribution in [1.29, 1.82) is 0 Å². The molecule has 0 spiro atoms. The molecule has 2 heterocycles. The molecule has 0 saturated carbocycles. The van der Waals surface area contributed by atoms with Crippen LogP contribution in [0.15, 0.2) is 24.3 Å². The predicted molar refractivity (Wildman–Crippen MR) is 74.1 cm³/mol. The molecular formula is C14H19NO2S. The molecule has 2 N–H and O–H groups in total. The molecule has 1 aromatic rings. The normalized spacial score (nSPS) is 35.0. The van der Waals surface area contributed by atoms with Gasteiger partial charge >= 0.3 is 0 Å². The molecule has 0 amide bonds. The Bertz CT molecular complexity index is 426. The van der Waals surface area contributed by atoms with Gasteiger partial charge in [-0.1, -0.05) is 18.2 Å². The van der Waals surface area contributed by atoms with Gasteiger partial charge in [0.25, 0.3) is 0 Å². The Morgan fingerprint density at radius 1 is 1.28 bits per heavy atom. The summed E-state index contributed by atoms with van der Waals surface area (Å²) in [6.45, 7) is 3.72. The molecule has 1 fully saturated rings. The minimum atomic E-state index is 0.0627. The largest absolute Gasteiger partial charge is 0.492 e. The minimum absolute atomic E-state index is 0.0627. The van der Waals surface area contributed by atoms with Crippen molar-refractivity contribution in [2.75, 3.05) is 13.2 Å². The van der Waals surface area contributed by atoms with Crippen molar-refractivity contribution in [3.05, 3.63) is 29.8 Å². The molecule has 1 aromatic carbocycles. The molecule has 0 aromatic heterocycles. The number of nitrogens with two attached hydrogens (primary N) is 1. The molecule has 1 saturated heterocycles. The summed E-state index contributed by atoms with van der Waals surface area (Å²) in [6.07, 6.45) is 1.45. The molecule has 2 aliphatic heterocycles. The summed E-state index contributed by atoms with van der Waals surface area (Å²) in [6, 6.07) is 8.15. The maximum Gasteiger partial charge on any atom is 0.124 e. The van der Waals surface area contributed by atoms with Gasteiger partial charge in [-0.05, 0) is 19.4 Å². The number of rotatable bonds is 2. The molecule has 2 aliphatic rings. The van der Waals surface area contributed by atoms with Gasteiger partial charge in [0.15, 0.2) is 0 Å². The Labute approximate surface area is 112 Å². The first-order chi connectivity index (χ1) is 8.75. The summed E-state index contributed by atoms with van der Waals surface area (Å²) in [7, 11) is 0. The Kier molecular flexibility index (Phi) is 3.50. The fourth-order valence-electron chi connectivity index (χ4n) is 2.60. The summed E-state index contributed by atoms with van der Waals surface area (Å²) >= 11 is 1.93. The number of para-hydroxylation sites is 1. The Morgan fingerprint density at radius 3 is 2.89 bits per heavy atom. The zero-order valence-corrected chi connectivity index (χ0v) is 11.4. The van der Waals surface area contributed by atoms with Crippen molar-refractivity contribution in [3.8, 4) is 5.75 Å². The van der Waals surface area contributed by atoms with Gasteiger partial charge in [0.2, 0.25) is 0 Å². The first kappa shape index (κ1) is 12.3. The lowest BCUT2D eigenvalue weighted by atomic mass is 10.0. The highest BCUT2D eigenvalue weighted by Crippen LogP contribution is 2.39. The Balaban J connectivity index is 1.72. The second-order valence-electron chi connectivity index (χ2n) is 4.95. The van der Waals surface area contributed by atoms with Crippen LogP contribution in [-0.4, -0.2) is 29.8 Å².